The molecule has 160 valence electrons. The third-order valence-corrected chi connectivity index (χ3v) is 5.44. The molecule has 0 saturated carbocycles. The lowest BCUT2D eigenvalue weighted by molar-refractivity contribution is 0.125. The molecule has 0 spiro atoms. The number of imidazole rings is 1. The number of benzene rings is 2. The van der Waals surface area contributed by atoms with Crippen molar-refractivity contribution in [2.24, 2.45) is 0 Å². The number of phenolic OH excluding ortho intramolecular Hbond substituents is 1. The van der Waals surface area contributed by atoms with Crippen molar-refractivity contribution in [1.29, 1.82) is 0 Å². The number of nitrogens with one attached hydrogen (secondary N) is 1. The quantitative estimate of drug-likeness (QED) is 0.352. The van der Waals surface area contributed by atoms with Crippen LogP contribution in [-0.4, -0.2) is 27.3 Å². The number of nitrogens with zero attached hydrogens (tertiary/aromatic N) is 1. The number of aromatic amines is 1. The van der Waals surface area contributed by atoms with E-state index >= 15 is 0 Å². The van der Waals surface area contributed by atoms with E-state index in [2.05, 4.69) is 11.1 Å². The summed E-state index contributed by atoms with van der Waals surface area (Å²) >= 11 is 1.66. The van der Waals surface area contributed by atoms with Crippen molar-refractivity contribution in [3.8, 4) is 50.5 Å². The van der Waals surface area contributed by atoms with E-state index in [1.807, 2.05) is 69.5 Å². The Morgan fingerprint density at radius 1 is 1.00 bits per heavy atom. The van der Waals surface area contributed by atoms with Crippen LogP contribution < -0.4 is 9.47 Å². The first-order valence-electron chi connectivity index (χ1n) is 10.2. The van der Waals surface area contributed by atoms with E-state index in [-0.39, 0.29) is 5.75 Å². The van der Waals surface area contributed by atoms with Crippen LogP contribution in [0.15, 0.2) is 60.0 Å². The van der Waals surface area contributed by atoms with Crippen LogP contribution in [0, 0.1) is 0 Å². The van der Waals surface area contributed by atoms with Gasteiger partial charge in [-0.3, -0.25) is 0 Å². The summed E-state index contributed by atoms with van der Waals surface area (Å²) < 4.78 is 11.7. The summed E-state index contributed by atoms with van der Waals surface area (Å²) in [6.07, 6.45) is 0. The van der Waals surface area contributed by atoms with Crippen LogP contribution >= 0.6 is 11.3 Å². The van der Waals surface area contributed by atoms with E-state index in [4.69, 9.17) is 14.5 Å². The summed E-state index contributed by atoms with van der Waals surface area (Å²) in [5, 5.41) is 12.7. The number of H-pyrrole nitrogens is 1. The molecule has 0 saturated heterocycles. The third kappa shape index (κ3) is 4.59. The average Bonchev–Trinajstić information content (AvgIpc) is 3.40. The Kier molecular flexibility index (Phi) is 5.74. The summed E-state index contributed by atoms with van der Waals surface area (Å²) in [5.74, 6) is 1.41. The molecule has 0 bridgehead atoms. The highest BCUT2D eigenvalue weighted by molar-refractivity contribution is 7.13. The maximum atomic E-state index is 10.7. The van der Waals surface area contributed by atoms with E-state index in [0.717, 1.165) is 27.4 Å². The first-order chi connectivity index (χ1) is 14.9. The fraction of sp³-hybridized carbons (Fsp3) is 0.240. The molecular formula is C25H26N2O3S. The largest absolute Gasteiger partial charge is 0.502 e. The smallest absolute Gasteiger partial charge is 0.200 e. The van der Waals surface area contributed by atoms with Gasteiger partial charge in [0.25, 0.3) is 0 Å². The Balaban J connectivity index is 1.88. The van der Waals surface area contributed by atoms with Crippen LogP contribution in [-0.2, 0) is 0 Å². The molecule has 6 heteroatoms. The summed E-state index contributed by atoms with van der Waals surface area (Å²) in [7, 11) is 0. The number of rotatable bonds is 6. The van der Waals surface area contributed by atoms with Crippen LogP contribution in [0.4, 0.5) is 0 Å². The van der Waals surface area contributed by atoms with Gasteiger partial charge in [0.1, 0.15) is 11.4 Å². The predicted molar refractivity (Wildman–Crippen MR) is 126 cm³/mol. The number of hydrogen-bond donors (Lipinski definition) is 2. The fourth-order valence-electron chi connectivity index (χ4n) is 3.31. The molecule has 0 unspecified atom stereocenters. The highest BCUT2D eigenvalue weighted by Crippen LogP contribution is 2.43. The van der Waals surface area contributed by atoms with E-state index in [1.165, 1.54) is 0 Å². The summed E-state index contributed by atoms with van der Waals surface area (Å²) in [6, 6.07) is 17.8. The number of aromatic hydroxyl groups is 1. The van der Waals surface area contributed by atoms with E-state index in [0.29, 0.717) is 23.9 Å². The molecule has 0 aliphatic carbocycles. The molecule has 5 nitrogen and oxygen atoms in total. The number of ether oxygens (including phenoxy) is 2. The Morgan fingerprint density at radius 3 is 2.39 bits per heavy atom. The van der Waals surface area contributed by atoms with E-state index in [1.54, 1.807) is 23.5 Å². The maximum Gasteiger partial charge on any atom is 0.200 e. The molecule has 2 aromatic carbocycles. The minimum Gasteiger partial charge on any atom is -0.502 e. The van der Waals surface area contributed by atoms with Gasteiger partial charge in [-0.05, 0) is 51.3 Å². The molecular weight excluding hydrogens is 408 g/mol. The highest BCUT2D eigenvalue weighted by atomic mass is 32.1. The van der Waals surface area contributed by atoms with Crippen LogP contribution in [0.25, 0.3) is 33.2 Å². The molecule has 0 radical (unpaired) electrons. The second kappa shape index (κ2) is 8.47. The van der Waals surface area contributed by atoms with Crippen LogP contribution in [0.1, 0.15) is 27.7 Å². The topological polar surface area (TPSA) is 67.4 Å². The van der Waals surface area contributed by atoms with Gasteiger partial charge in [0.15, 0.2) is 11.5 Å². The normalized spacial score (nSPS) is 11.5. The first-order valence-corrected chi connectivity index (χ1v) is 11.1. The second-order valence-corrected chi connectivity index (χ2v) is 9.07. The Hall–Kier alpha value is -3.25. The van der Waals surface area contributed by atoms with Crippen LogP contribution in [0.2, 0.25) is 0 Å². The Bertz CT molecular complexity index is 1160. The lowest BCUT2D eigenvalue weighted by Gasteiger charge is -2.23. The van der Waals surface area contributed by atoms with Crippen molar-refractivity contribution >= 4 is 11.3 Å². The van der Waals surface area contributed by atoms with E-state index < -0.39 is 5.60 Å². The minimum absolute atomic E-state index is 0.00570. The molecule has 0 fully saturated rings. The van der Waals surface area contributed by atoms with Crippen LogP contribution in [0.3, 0.4) is 0 Å². The number of hydrogen-bond acceptors (Lipinski definition) is 5. The summed E-state index contributed by atoms with van der Waals surface area (Å²) in [5.41, 5.74) is 3.17. The maximum absolute atomic E-state index is 10.7. The van der Waals surface area contributed by atoms with Crippen molar-refractivity contribution in [2.45, 2.75) is 33.3 Å². The molecule has 2 N–H and O–H groups in total. The van der Waals surface area contributed by atoms with E-state index in [9.17, 15) is 5.11 Å². The standard InChI is InChI=1S/C25H26N2O3S/c1-5-29-18-14-17(15-19(23(18)28)30-25(2,3)4)24-26-21(16-10-7-6-8-11-16)22(27-24)20-12-9-13-31-20/h6-15,28H,5H2,1-4H3,(H,26,27). The zero-order chi connectivity index (χ0) is 22.0. The monoisotopic (exact) mass is 434 g/mol. The molecule has 4 rings (SSSR count). The fourth-order valence-corrected chi connectivity index (χ4v) is 4.03. The van der Waals surface area contributed by atoms with Gasteiger partial charge >= 0.3 is 0 Å². The Labute approximate surface area is 186 Å². The average molecular weight is 435 g/mol. The SMILES string of the molecule is CCOc1cc(-c2nc(-c3ccccc3)c(-c3cccs3)[nH]2)cc(OC(C)(C)C)c1O. The number of phenols is 1. The molecule has 0 amide bonds. The van der Waals surface area contributed by atoms with Gasteiger partial charge in [-0.2, -0.15) is 0 Å². The van der Waals surface area contributed by atoms with Crippen molar-refractivity contribution < 1.29 is 14.6 Å². The molecule has 0 atom stereocenters. The van der Waals surface area contributed by atoms with Crippen molar-refractivity contribution in [3.05, 3.63) is 60.0 Å². The van der Waals surface area contributed by atoms with Gasteiger partial charge in [0.2, 0.25) is 5.75 Å². The van der Waals surface area contributed by atoms with Gasteiger partial charge in [0.05, 0.1) is 22.9 Å². The van der Waals surface area contributed by atoms with Gasteiger partial charge in [-0.15, -0.1) is 11.3 Å². The van der Waals surface area contributed by atoms with Crippen molar-refractivity contribution in [2.75, 3.05) is 6.61 Å². The number of aromatic nitrogens is 2. The zero-order valence-electron chi connectivity index (χ0n) is 18.1. The molecule has 0 aliphatic heterocycles. The lowest BCUT2D eigenvalue weighted by Crippen LogP contribution is -2.23. The molecule has 2 heterocycles. The van der Waals surface area contributed by atoms with Crippen molar-refractivity contribution in [3.63, 3.8) is 0 Å². The molecule has 31 heavy (non-hydrogen) atoms. The van der Waals surface area contributed by atoms with Gasteiger partial charge < -0.3 is 19.6 Å². The van der Waals surface area contributed by atoms with Gasteiger partial charge in [-0.1, -0.05) is 36.4 Å². The third-order valence-electron chi connectivity index (χ3n) is 4.55. The number of thiophene rings is 1. The molecule has 2 aromatic heterocycles. The molecule has 0 aliphatic rings. The summed E-state index contributed by atoms with van der Waals surface area (Å²) in [4.78, 5) is 9.52. The van der Waals surface area contributed by atoms with Crippen molar-refractivity contribution in [1.82, 2.24) is 9.97 Å². The second-order valence-electron chi connectivity index (χ2n) is 8.12. The van der Waals surface area contributed by atoms with Gasteiger partial charge in [-0.25, -0.2) is 4.98 Å². The van der Waals surface area contributed by atoms with Crippen LogP contribution in [0.5, 0.6) is 17.2 Å². The highest BCUT2D eigenvalue weighted by Gasteiger charge is 2.22. The Morgan fingerprint density at radius 2 is 1.74 bits per heavy atom. The van der Waals surface area contributed by atoms with Gasteiger partial charge in [0, 0.05) is 11.1 Å². The summed E-state index contributed by atoms with van der Waals surface area (Å²) in [6.45, 7) is 8.13. The molecule has 4 aromatic rings. The zero-order valence-corrected chi connectivity index (χ0v) is 18.9. The minimum atomic E-state index is -0.472. The first kappa shape index (κ1) is 21.0. The predicted octanol–water partition coefficient (Wildman–Crippen LogP) is 6.75. The lowest BCUT2D eigenvalue weighted by atomic mass is 10.1.